The van der Waals surface area contributed by atoms with E-state index >= 15 is 0 Å². The van der Waals surface area contributed by atoms with Crippen molar-refractivity contribution in [2.45, 2.75) is 45.2 Å². The summed E-state index contributed by atoms with van der Waals surface area (Å²) in [5.41, 5.74) is 2.29. The Labute approximate surface area is 162 Å². The van der Waals surface area contributed by atoms with Gasteiger partial charge in [-0.3, -0.25) is 4.79 Å². The molecule has 0 spiro atoms. The van der Waals surface area contributed by atoms with E-state index in [0.717, 1.165) is 35.5 Å². The van der Waals surface area contributed by atoms with Gasteiger partial charge >= 0.3 is 0 Å². The maximum absolute atomic E-state index is 13.6. The molecule has 1 saturated carbocycles. The first-order valence-corrected chi connectivity index (χ1v) is 9.68. The Bertz CT molecular complexity index is 995. The summed E-state index contributed by atoms with van der Waals surface area (Å²) in [4.78, 5) is 16.8. The summed E-state index contributed by atoms with van der Waals surface area (Å²) >= 11 is 0. The monoisotopic (exact) mass is 382 g/mol. The molecule has 0 aliphatic heterocycles. The minimum Gasteiger partial charge on any atom is -0.326 e. The van der Waals surface area contributed by atoms with E-state index < -0.39 is 11.6 Å². The Hall–Kier alpha value is -2.76. The number of aromatic nitrogens is 2. The lowest BCUT2D eigenvalue weighted by molar-refractivity contribution is -0.121. The maximum atomic E-state index is 13.6. The van der Waals surface area contributed by atoms with Crippen LogP contribution in [0.15, 0.2) is 42.5 Å². The van der Waals surface area contributed by atoms with Crippen molar-refractivity contribution in [2.75, 3.05) is 0 Å². The fourth-order valence-corrected chi connectivity index (χ4v) is 3.41. The lowest BCUT2D eigenvalue weighted by Gasteiger charge is -2.08. The summed E-state index contributed by atoms with van der Waals surface area (Å²) in [6.45, 7) is 1.16. The Morgan fingerprint density at radius 2 is 2.00 bits per heavy atom. The number of halogens is 2. The van der Waals surface area contributed by atoms with Gasteiger partial charge in [-0.2, -0.15) is 0 Å². The molecular weight excluding hydrogens is 360 g/mol. The van der Waals surface area contributed by atoms with E-state index in [1.165, 1.54) is 18.9 Å². The molecule has 1 aliphatic carbocycles. The predicted octanol–water partition coefficient (Wildman–Crippen LogP) is 4.38. The zero-order chi connectivity index (χ0) is 19.5. The predicted molar refractivity (Wildman–Crippen MR) is 103 cm³/mol. The van der Waals surface area contributed by atoms with E-state index in [0.29, 0.717) is 24.3 Å². The average Bonchev–Trinajstić information content (AvgIpc) is 3.44. The molecule has 1 radical (unpaired) electrons. The Kier molecular flexibility index (Phi) is 5.37. The molecule has 4 rings (SSSR count). The minimum atomic E-state index is -0.470. The molecular formula is C22H22F2N3O. The second-order valence-electron chi connectivity index (χ2n) is 7.37. The second-order valence-corrected chi connectivity index (χ2v) is 7.37. The quantitative estimate of drug-likeness (QED) is 0.581. The van der Waals surface area contributed by atoms with Crippen molar-refractivity contribution >= 4 is 16.9 Å². The largest absolute Gasteiger partial charge is 0.326 e. The zero-order valence-corrected chi connectivity index (χ0v) is 15.6. The van der Waals surface area contributed by atoms with Crippen molar-refractivity contribution in [1.82, 2.24) is 14.9 Å². The van der Waals surface area contributed by atoms with Gasteiger partial charge in [0.2, 0.25) is 5.91 Å². The number of imidazole rings is 1. The van der Waals surface area contributed by atoms with Crippen molar-refractivity contribution in [3.8, 4) is 0 Å². The highest BCUT2D eigenvalue weighted by Gasteiger charge is 2.24. The van der Waals surface area contributed by atoms with Crippen LogP contribution in [0.25, 0.3) is 11.0 Å². The molecule has 4 nitrogen and oxygen atoms in total. The first kappa shape index (κ1) is 18.6. The molecule has 1 heterocycles. The van der Waals surface area contributed by atoms with Gasteiger partial charge in [0, 0.05) is 13.0 Å². The van der Waals surface area contributed by atoms with Crippen molar-refractivity contribution < 1.29 is 13.6 Å². The molecule has 6 heteroatoms. The molecule has 3 aromatic rings. The Balaban J connectivity index is 1.34. The van der Waals surface area contributed by atoms with E-state index in [4.69, 9.17) is 0 Å². The Morgan fingerprint density at radius 3 is 2.82 bits per heavy atom. The van der Waals surface area contributed by atoms with Gasteiger partial charge in [-0.25, -0.2) is 19.1 Å². The molecule has 0 bridgehead atoms. The normalized spacial score (nSPS) is 13.8. The van der Waals surface area contributed by atoms with Gasteiger partial charge in [0.1, 0.15) is 24.0 Å². The second kappa shape index (κ2) is 8.09. The van der Waals surface area contributed by atoms with Crippen LogP contribution in [0.3, 0.4) is 0 Å². The van der Waals surface area contributed by atoms with Gasteiger partial charge in [-0.05, 0) is 67.5 Å². The van der Waals surface area contributed by atoms with Crippen LogP contribution in [0.4, 0.5) is 8.78 Å². The zero-order valence-electron chi connectivity index (χ0n) is 15.6. The molecule has 1 fully saturated rings. The highest BCUT2D eigenvalue weighted by Crippen LogP contribution is 2.32. The number of fused-ring (bicyclic) bond motifs is 1. The van der Waals surface area contributed by atoms with E-state index in [-0.39, 0.29) is 18.9 Å². The molecule has 1 aromatic heterocycles. The van der Waals surface area contributed by atoms with Crippen LogP contribution in [-0.2, 0) is 24.3 Å². The third kappa shape index (κ3) is 4.38. The molecule has 0 saturated heterocycles. The highest BCUT2D eigenvalue weighted by molar-refractivity contribution is 5.77. The summed E-state index contributed by atoms with van der Waals surface area (Å²) in [5, 5.41) is 4.16. The standard InChI is InChI=1S/C22H22F2N3O/c23-17-10-11-18(24)16(12-17)4-3-7-22(28)25-13-21-26-19-5-1-2-6-20(19)27(21)14-15-8-9-15/h1-2,5-6,10-12,15H,3-4,7-9,13-14H2. The third-order valence-corrected chi connectivity index (χ3v) is 5.11. The van der Waals surface area contributed by atoms with Gasteiger partial charge in [0.05, 0.1) is 11.0 Å². The number of carbonyl (C=O) groups is 1. The number of hydrogen-bond acceptors (Lipinski definition) is 2. The van der Waals surface area contributed by atoms with Crippen LogP contribution >= 0.6 is 0 Å². The number of benzene rings is 2. The number of rotatable bonds is 8. The molecule has 0 N–H and O–H groups in total. The van der Waals surface area contributed by atoms with Crippen molar-refractivity contribution in [3.63, 3.8) is 0 Å². The van der Waals surface area contributed by atoms with Crippen LogP contribution in [-0.4, -0.2) is 15.5 Å². The van der Waals surface area contributed by atoms with E-state index in [1.807, 2.05) is 24.3 Å². The van der Waals surface area contributed by atoms with Gasteiger partial charge in [0.25, 0.3) is 0 Å². The molecule has 145 valence electrons. The number of hydrogen-bond donors (Lipinski definition) is 0. The number of carbonyl (C=O) groups excluding carboxylic acids is 1. The van der Waals surface area contributed by atoms with Crippen molar-refractivity contribution in [2.24, 2.45) is 5.92 Å². The lowest BCUT2D eigenvalue weighted by atomic mass is 10.1. The number of amides is 1. The van der Waals surface area contributed by atoms with E-state index in [1.54, 1.807) is 0 Å². The van der Waals surface area contributed by atoms with Crippen LogP contribution < -0.4 is 5.32 Å². The smallest absolute Gasteiger partial charge is 0.241 e. The molecule has 2 aromatic carbocycles. The molecule has 1 aliphatic rings. The summed E-state index contributed by atoms with van der Waals surface area (Å²) < 4.78 is 29.0. The fraction of sp³-hybridized carbons (Fsp3) is 0.364. The van der Waals surface area contributed by atoms with Crippen LogP contribution in [0.1, 0.15) is 37.1 Å². The Morgan fingerprint density at radius 1 is 1.18 bits per heavy atom. The first-order chi connectivity index (χ1) is 13.6. The number of para-hydroxylation sites is 2. The van der Waals surface area contributed by atoms with E-state index in [9.17, 15) is 13.6 Å². The highest BCUT2D eigenvalue weighted by atomic mass is 19.1. The van der Waals surface area contributed by atoms with Gasteiger partial charge in [0.15, 0.2) is 0 Å². The first-order valence-electron chi connectivity index (χ1n) is 9.68. The van der Waals surface area contributed by atoms with Crippen LogP contribution in [0, 0.1) is 17.6 Å². The summed E-state index contributed by atoms with van der Waals surface area (Å²) in [7, 11) is 0. The van der Waals surface area contributed by atoms with Crippen LogP contribution in [0.5, 0.6) is 0 Å². The van der Waals surface area contributed by atoms with Crippen LogP contribution in [0.2, 0.25) is 0 Å². The van der Waals surface area contributed by atoms with Gasteiger partial charge in [-0.1, -0.05) is 12.1 Å². The lowest BCUT2D eigenvalue weighted by Crippen LogP contribution is -2.18. The topological polar surface area (TPSA) is 49.0 Å². The molecule has 1 amide bonds. The fourth-order valence-electron chi connectivity index (χ4n) is 3.41. The average molecular weight is 382 g/mol. The summed E-state index contributed by atoms with van der Waals surface area (Å²) in [6, 6.07) is 11.3. The summed E-state index contributed by atoms with van der Waals surface area (Å²) in [6.07, 6.45) is 3.42. The third-order valence-electron chi connectivity index (χ3n) is 5.11. The van der Waals surface area contributed by atoms with Gasteiger partial charge in [-0.15, -0.1) is 0 Å². The number of aryl methyl sites for hydroxylation is 1. The molecule has 0 atom stereocenters. The minimum absolute atomic E-state index is 0.207. The SMILES string of the molecule is O=C(CCCc1cc(F)ccc1F)[N]Cc1nc2ccccc2n1CC1CC1. The van der Waals surface area contributed by atoms with Crippen molar-refractivity contribution in [3.05, 3.63) is 65.5 Å². The number of nitrogens with zero attached hydrogens (tertiary/aromatic N) is 3. The molecule has 28 heavy (non-hydrogen) atoms. The van der Waals surface area contributed by atoms with Gasteiger partial charge < -0.3 is 4.57 Å². The van der Waals surface area contributed by atoms with Crippen molar-refractivity contribution in [1.29, 1.82) is 0 Å². The van der Waals surface area contributed by atoms with E-state index in [2.05, 4.69) is 14.9 Å². The molecule has 0 unspecified atom stereocenters. The summed E-state index contributed by atoms with van der Waals surface area (Å²) in [5.74, 6) is 0.342. The maximum Gasteiger partial charge on any atom is 0.241 e.